The van der Waals surface area contributed by atoms with E-state index in [1.807, 2.05) is 6.07 Å². The summed E-state index contributed by atoms with van der Waals surface area (Å²) in [5, 5.41) is 26.6. The number of benzene rings is 1. The number of carbonyl (C=O) groups is 1. The van der Waals surface area contributed by atoms with Crippen LogP contribution in [0.15, 0.2) is 36.7 Å². The smallest absolute Gasteiger partial charge is 0.250 e. The summed E-state index contributed by atoms with van der Waals surface area (Å²) in [7, 11) is 3.44. The Morgan fingerprint density at radius 3 is 2.64 bits per heavy atom. The van der Waals surface area contributed by atoms with Gasteiger partial charge in [0.15, 0.2) is 0 Å². The molecule has 12 heteroatoms. The Morgan fingerprint density at radius 1 is 1.29 bits per heavy atom. The largest absolute Gasteiger partial charge is 0.383 e. The predicted octanol–water partition coefficient (Wildman–Crippen LogP) is 5.43. The van der Waals surface area contributed by atoms with Crippen LogP contribution in [0.4, 0.5) is 15.8 Å². The van der Waals surface area contributed by atoms with Gasteiger partial charge in [-0.05, 0) is 43.4 Å². The summed E-state index contributed by atoms with van der Waals surface area (Å²) in [6.45, 7) is 8.65. The van der Waals surface area contributed by atoms with Crippen molar-refractivity contribution in [3.8, 4) is 6.07 Å². The van der Waals surface area contributed by atoms with Gasteiger partial charge in [-0.3, -0.25) is 9.78 Å². The highest BCUT2D eigenvalue weighted by atomic mass is 35.5. The van der Waals surface area contributed by atoms with E-state index in [-0.39, 0.29) is 11.3 Å². The number of aromatic nitrogens is 5. The van der Waals surface area contributed by atoms with E-state index in [9.17, 15) is 14.4 Å². The first kappa shape index (κ1) is 29.2. The molecule has 218 valence electrons. The third-order valence-corrected chi connectivity index (χ3v) is 7.62. The summed E-state index contributed by atoms with van der Waals surface area (Å²) in [6, 6.07) is 8.19. The number of fused-ring (bicyclic) bond motifs is 1. The number of aryl methyl sites for hydroxylation is 1. The Labute approximate surface area is 248 Å². The first-order valence-corrected chi connectivity index (χ1v) is 14.0. The third kappa shape index (κ3) is 5.59. The van der Waals surface area contributed by atoms with E-state index in [2.05, 4.69) is 57.8 Å². The van der Waals surface area contributed by atoms with Crippen molar-refractivity contribution in [1.29, 1.82) is 5.26 Å². The second kappa shape index (κ2) is 10.8. The number of halogens is 2. The van der Waals surface area contributed by atoms with E-state index in [1.54, 1.807) is 48.9 Å². The zero-order valence-electron chi connectivity index (χ0n) is 24.5. The van der Waals surface area contributed by atoms with Crippen molar-refractivity contribution < 1.29 is 9.18 Å². The van der Waals surface area contributed by atoms with Crippen molar-refractivity contribution in [3.05, 3.63) is 70.1 Å². The summed E-state index contributed by atoms with van der Waals surface area (Å²) >= 11 is 6.73. The fourth-order valence-corrected chi connectivity index (χ4v) is 5.26. The summed E-state index contributed by atoms with van der Waals surface area (Å²) in [5.41, 5.74) is 3.10. The molecule has 0 bridgehead atoms. The number of nitrogens with zero attached hydrogens (tertiary/aromatic N) is 7. The molecule has 10 nitrogen and oxygen atoms in total. The number of hydrogen-bond donors (Lipinski definition) is 2. The van der Waals surface area contributed by atoms with Crippen LogP contribution in [-0.2, 0) is 10.3 Å². The van der Waals surface area contributed by atoms with Gasteiger partial charge in [-0.1, -0.05) is 43.7 Å². The van der Waals surface area contributed by atoms with Crippen LogP contribution in [0, 0.1) is 29.6 Å². The monoisotopic (exact) mass is 589 g/mol. The molecule has 0 radical (unpaired) electrons. The highest BCUT2D eigenvalue weighted by Crippen LogP contribution is 2.45. The first-order chi connectivity index (χ1) is 19.8. The lowest BCUT2D eigenvalue weighted by molar-refractivity contribution is -0.134. The van der Waals surface area contributed by atoms with Crippen LogP contribution in [0.2, 0.25) is 5.02 Å². The molecule has 3 heterocycles. The molecule has 0 unspecified atom stereocenters. The number of hydrogen-bond acceptors (Lipinski definition) is 8. The fourth-order valence-electron chi connectivity index (χ4n) is 4.99. The Morgan fingerprint density at radius 2 is 2.02 bits per heavy atom. The zero-order chi connectivity index (χ0) is 30.4. The van der Waals surface area contributed by atoms with Crippen LogP contribution >= 0.6 is 11.6 Å². The summed E-state index contributed by atoms with van der Waals surface area (Å²) in [4.78, 5) is 23.0. The van der Waals surface area contributed by atoms with Crippen LogP contribution in [-0.4, -0.2) is 56.4 Å². The van der Waals surface area contributed by atoms with Gasteiger partial charge in [-0.25, -0.2) is 9.67 Å². The van der Waals surface area contributed by atoms with Crippen molar-refractivity contribution in [1.82, 2.24) is 29.9 Å². The van der Waals surface area contributed by atoms with Crippen molar-refractivity contribution in [3.63, 3.8) is 0 Å². The van der Waals surface area contributed by atoms with Crippen LogP contribution in [0.1, 0.15) is 62.2 Å². The van der Waals surface area contributed by atoms with Gasteiger partial charge in [-0.15, -0.1) is 5.10 Å². The minimum absolute atomic E-state index is 0.0412. The molecule has 1 fully saturated rings. The van der Waals surface area contributed by atoms with Crippen molar-refractivity contribution in [2.75, 3.05) is 31.3 Å². The fraction of sp³-hybridized carbons (Fsp3) is 0.400. The normalized spacial score (nSPS) is 14.7. The number of carbonyl (C=O) groups excluding carboxylic acids is 1. The van der Waals surface area contributed by atoms with Crippen molar-refractivity contribution >= 4 is 39.8 Å². The average Bonchev–Trinajstić information content (AvgIpc) is 3.58. The van der Waals surface area contributed by atoms with Crippen LogP contribution in [0.3, 0.4) is 0 Å². The molecule has 4 aromatic rings. The molecule has 0 saturated heterocycles. The molecule has 1 aliphatic rings. The van der Waals surface area contributed by atoms with Gasteiger partial charge in [0.1, 0.15) is 17.3 Å². The van der Waals surface area contributed by atoms with Crippen LogP contribution < -0.4 is 10.6 Å². The van der Waals surface area contributed by atoms with Gasteiger partial charge in [0.2, 0.25) is 11.9 Å². The molecule has 3 aromatic heterocycles. The molecule has 5 rings (SSSR count). The van der Waals surface area contributed by atoms with E-state index in [1.165, 1.54) is 12.3 Å². The maximum atomic E-state index is 14.0. The molecular formula is C30H33ClFN9O. The highest BCUT2D eigenvalue weighted by Gasteiger charge is 2.54. The summed E-state index contributed by atoms with van der Waals surface area (Å²) in [6.07, 6.45) is 4.61. The van der Waals surface area contributed by atoms with E-state index in [4.69, 9.17) is 11.6 Å². The Balaban J connectivity index is 1.60. The molecule has 1 amide bonds. The molecule has 0 spiro atoms. The molecular weight excluding hydrogens is 557 g/mol. The van der Waals surface area contributed by atoms with E-state index >= 15 is 0 Å². The van der Waals surface area contributed by atoms with Gasteiger partial charge < -0.3 is 15.5 Å². The number of rotatable bonds is 8. The zero-order valence-corrected chi connectivity index (χ0v) is 25.2. The predicted molar refractivity (Wildman–Crippen MR) is 160 cm³/mol. The number of nitrogens with one attached hydrogen (secondary N) is 2. The lowest BCUT2D eigenvalue weighted by atomic mass is 9.96. The third-order valence-electron chi connectivity index (χ3n) is 7.33. The first-order valence-electron chi connectivity index (χ1n) is 13.6. The second-order valence-electron chi connectivity index (χ2n) is 12.1. The molecule has 1 atom stereocenters. The second-order valence-corrected chi connectivity index (χ2v) is 12.5. The minimum atomic E-state index is -0.755. The SMILES string of the molecule is Cc1nc(F)ccc1[C@H](Nc1cc(Cl)c2ncc(C#N)c(NCC(C)(C)C)c2c1)c1cn(C2(C(=O)N(C)C)CC2)nn1. The van der Waals surface area contributed by atoms with Gasteiger partial charge >= 0.3 is 0 Å². The van der Waals surface area contributed by atoms with Crippen LogP contribution in [0.25, 0.3) is 10.9 Å². The average molecular weight is 590 g/mol. The Hall–Kier alpha value is -4.30. The highest BCUT2D eigenvalue weighted by molar-refractivity contribution is 6.35. The summed E-state index contributed by atoms with van der Waals surface area (Å²) < 4.78 is 15.6. The quantitative estimate of drug-likeness (QED) is 0.261. The molecule has 0 aliphatic heterocycles. The molecule has 2 N–H and O–H groups in total. The molecule has 42 heavy (non-hydrogen) atoms. The maximum absolute atomic E-state index is 14.0. The number of likely N-dealkylation sites (N-methyl/N-ethyl adjacent to an activating group) is 1. The van der Waals surface area contributed by atoms with Gasteiger partial charge in [0.05, 0.1) is 34.0 Å². The molecule has 1 saturated carbocycles. The Kier molecular flexibility index (Phi) is 7.53. The van der Waals surface area contributed by atoms with E-state index in [0.29, 0.717) is 69.2 Å². The Bertz CT molecular complexity index is 1720. The van der Waals surface area contributed by atoms with E-state index < -0.39 is 17.5 Å². The summed E-state index contributed by atoms with van der Waals surface area (Å²) in [5.74, 6) is -0.633. The van der Waals surface area contributed by atoms with Crippen molar-refractivity contribution in [2.24, 2.45) is 5.41 Å². The topological polar surface area (TPSA) is 125 Å². The lowest BCUT2D eigenvalue weighted by Crippen LogP contribution is -2.38. The standard InChI is InChI=1S/C30H33ClFN9O/c1-17-20(7-8-24(32)36-17)27(23-15-41(39-38-23)30(9-10-30)28(42)40(5)6)37-19-11-21-25(35-16-29(2,3)4)18(13-33)14-34-26(21)22(31)12-19/h7-8,11-12,14-15,27,37H,9-10,16H2,1-6H3,(H,34,35)/t27-/m0/s1. The number of nitriles is 1. The minimum Gasteiger partial charge on any atom is -0.383 e. The number of amides is 1. The van der Waals surface area contributed by atoms with Crippen LogP contribution in [0.5, 0.6) is 0 Å². The number of anilines is 2. The molecule has 1 aromatic carbocycles. The maximum Gasteiger partial charge on any atom is 0.250 e. The van der Waals surface area contributed by atoms with E-state index in [0.717, 1.165) is 0 Å². The number of pyridine rings is 2. The van der Waals surface area contributed by atoms with Gasteiger partial charge in [0.25, 0.3) is 0 Å². The molecule has 1 aliphatic carbocycles. The van der Waals surface area contributed by atoms with Gasteiger partial charge in [-0.2, -0.15) is 9.65 Å². The lowest BCUT2D eigenvalue weighted by Gasteiger charge is -2.23. The van der Waals surface area contributed by atoms with Crippen molar-refractivity contribution in [2.45, 2.75) is 52.1 Å². The van der Waals surface area contributed by atoms with Gasteiger partial charge in [0, 0.05) is 49.2 Å².